The summed E-state index contributed by atoms with van der Waals surface area (Å²) in [5.74, 6) is -1.05. The van der Waals surface area contributed by atoms with Crippen LogP contribution in [0.15, 0.2) is 0 Å². The van der Waals surface area contributed by atoms with Crippen LogP contribution < -0.4 is 5.32 Å². The summed E-state index contributed by atoms with van der Waals surface area (Å²) in [5, 5.41) is 19.2. The summed E-state index contributed by atoms with van der Waals surface area (Å²) in [7, 11) is 1.26. The van der Waals surface area contributed by atoms with Crippen molar-refractivity contribution >= 4 is 23.6 Å². The van der Waals surface area contributed by atoms with Crippen LogP contribution in [-0.4, -0.2) is 48.2 Å². The molecule has 0 aliphatic carbocycles. The lowest BCUT2D eigenvalue weighted by atomic mass is 10.3. The number of amides is 1. The van der Waals surface area contributed by atoms with Crippen LogP contribution in [0.2, 0.25) is 0 Å². The molecular weight excluding hydrogens is 220 g/mol. The highest BCUT2D eigenvalue weighted by atomic mass is 32.2. The summed E-state index contributed by atoms with van der Waals surface area (Å²) < 4.78 is 4.61. The Hall–Kier alpha value is -1.26. The Balaban J connectivity index is 3.70. The Bertz CT molecular complexity index is 264. The first kappa shape index (κ1) is 13.7. The normalized spacial score (nSPS) is 11.5. The van der Waals surface area contributed by atoms with Gasteiger partial charge < -0.3 is 15.2 Å². The number of nitrogens with one attached hydrogen (secondary N) is 1. The summed E-state index contributed by atoms with van der Waals surface area (Å²) in [4.78, 5) is 21.5. The standard InChI is InChI=1S/C8H12N2O4S/c1-14-6(8(12)13)4-10-7(11)5-15-3-2-9/h6H,3-5H2,1H3,(H,10,11)(H,12,13). The Morgan fingerprint density at radius 2 is 2.33 bits per heavy atom. The summed E-state index contributed by atoms with van der Waals surface area (Å²) in [6, 6.07) is 1.88. The van der Waals surface area contributed by atoms with E-state index in [4.69, 9.17) is 10.4 Å². The van der Waals surface area contributed by atoms with Crippen molar-refractivity contribution in [2.45, 2.75) is 6.10 Å². The van der Waals surface area contributed by atoms with E-state index in [0.717, 1.165) is 0 Å². The van der Waals surface area contributed by atoms with Gasteiger partial charge >= 0.3 is 5.97 Å². The van der Waals surface area contributed by atoms with Crippen molar-refractivity contribution in [2.24, 2.45) is 0 Å². The number of aliphatic carboxylic acids is 1. The Morgan fingerprint density at radius 1 is 1.67 bits per heavy atom. The van der Waals surface area contributed by atoms with E-state index in [2.05, 4.69) is 10.1 Å². The Morgan fingerprint density at radius 3 is 2.80 bits per heavy atom. The van der Waals surface area contributed by atoms with Gasteiger partial charge in [-0.3, -0.25) is 4.79 Å². The number of nitriles is 1. The summed E-state index contributed by atoms with van der Waals surface area (Å²) in [6.07, 6.45) is -1.03. The first-order valence-corrected chi connectivity index (χ1v) is 5.24. The van der Waals surface area contributed by atoms with E-state index >= 15 is 0 Å². The first-order chi connectivity index (χ1) is 7.11. The zero-order chi connectivity index (χ0) is 11.7. The van der Waals surface area contributed by atoms with E-state index < -0.39 is 12.1 Å². The van der Waals surface area contributed by atoms with Gasteiger partial charge in [0, 0.05) is 7.11 Å². The minimum Gasteiger partial charge on any atom is -0.479 e. The number of carbonyl (C=O) groups is 2. The van der Waals surface area contributed by atoms with Crippen molar-refractivity contribution in [3.63, 3.8) is 0 Å². The van der Waals surface area contributed by atoms with Crippen LogP contribution in [0, 0.1) is 11.3 Å². The molecule has 0 saturated heterocycles. The van der Waals surface area contributed by atoms with Gasteiger partial charge in [0.1, 0.15) is 0 Å². The highest BCUT2D eigenvalue weighted by Crippen LogP contribution is 1.97. The maximum absolute atomic E-state index is 11.1. The molecule has 84 valence electrons. The number of ether oxygens (including phenoxy) is 1. The van der Waals surface area contributed by atoms with Crippen LogP contribution in [0.4, 0.5) is 0 Å². The lowest BCUT2D eigenvalue weighted by Crippen LogP contribution is -2.38. The Labute approximate surface area is 91.6 Å². The van der Waals surface area contributed by atoms with Gasteiger partial charge in [0.2, 0.25) is 5.91 Å². The van der Waals surface area contributed by atoms with Crippen LogP contribution in [-0.2, 0) is 14.3 Å². The van der Waals surface area contributed by atoms with Gasteiger partial charge in [-0.25, -0.2) is 4.79 Å². The fraction of sp³-hybridized carbons (Fsp3) is 0.625. The minimum absolute atomic E-state index is 0.0716. The number of carboxylic acid groups (broad SMARTS) is 1. The van der Waals surface area contributed by atoms with Crippen LogP contribution >= 0.6 is 11.8 Å². The number of nitrogens with zero attached hydrogens (tertiary/aromatic N) is 1. The average molecular weight is 232 g/mol. The van der Waals surface area contributed by atoms with Crippen molar-refractivity contribution < 1.29 is 19.4 Å². The molecule has 0 spiro atoms. The summed E-state index contributed by atoms with van der Waals surface area (Å²) >= 11 is 1.17. The highest BCUT2D eigenvalue weighted by Gasteiger charge is 2.16. The number of methoxy groups -OCH3 is 1. The number of rotatable bonds is 7. The third-order valence-corrected chi connectivity index (χ3v) is 2.24. The monoisotopic (exact) mass is 232 g/mol. The molecule has 0 rings (SSSR count). The second kappa shape index (κ2) is 8.08. The quantitative estimate of drug-likeness (QED) is 0.572. The average Bonchev–Trinajstić information content (AvgIpc) is 2.18. The smallest absolute Gasteiger partial charge is 0.334 e. The number of carboxylic acids is 1. The fourth-order valence-corrected chi connectivity index (χ4v) is 1.20. The van der Waals surface area contributed by atoms with Gasteiger partial charge in [-0.2, -0.15) is 5.26 Å². The number of hydrogen-bond acceptors (Lipinski definition) is 5. The molecule has 6 nitrogen and oxygen atoms in total. The molecule has 7 heteroatoms. The van der Waals surface area contributed by atoms with Crippen molar-refractivity contribution in [3.05, 3.63) is 0 Å². The third kappa shape index (κ3) is 6.76. The van der Waals surface area contributed by atoms with Gasteiger partial charge in [0.25, 0.3) is 0 Å². The predicted molar refractivity (Wildman–Crippen MR) is 54.4 cm³/mol. The van der Waals surface area contributed by atoms with E-state index in [0.29, 0.717) is 0 Å². The summed E-state index contributed by atoms with van der Waals surface area (Å²) in [5.41, 5.74) is 0. The maximum Gasteiger partial charge on any atom is 0.334 e. The zero-order valence-electron chi connectivity index (χ0n) is 8.23. The van der Waals surface area contributed by atoms with Crippen LogP contribution in [0.25, 0.3) is 0 Å². The van der Waals surface area contributed by atoms with Crippen LogP contribution in [0.1, 0.15) is 0 Å². The molecule has 0 bridgehead atoms. The first-order valence-electron chi connectivity index (χ1n) is 4.08. The SMILES string of the molecule is COC(CNC(=O)CSCC#N)C(=O)O. The largest absolute Gasteiger partial charge is 0.479 e. The zero-order valence-corrected chi connectivity index (χ0v) is 9.04. The molecule has 0 fully saturated rings. The lowest BCUT2D eigenvalue weighted by molar-refractivity contribution is -0.148. The van der Waals surface area contributed by atoms with E-state index in [1.807, 2.05) is 6.07 Å². The number of hydrogen-bond donors (Lipinski definition) is 2. The molecule has 1 unspecified atom stereocenters. The van der Waals surface area contributed by atoms with E-state index in [-0.39, 0.29) is 24.0 Å². The molecule has 2 N–H and O–H groups in total. The van der Waals surface area contributed by atoms with Crippen molar-refractivity contribution in [1.29, 1.82) is 5.26 Å². The molecule has 1 atom stereocenters. The van der Waals surface area contributed by atoms with Gasteiger partial charge in [0.15, 0.2) is 6.10 Å². The molecular formula is C8H12N2O4S. The van der Waals surface area contributed by atoms with Gasteiger partial charge in [-0.1, -0.05) is 0 Å². The maximum atomic E-state index is 11.1. The number of thioether (sulfide) groups is 1. The van der Waals surface area contributed by atoms with E-state index in [9.17, 15) is 9.59 Å². The fourth-order valence-electron chi connectivity index (χ4n) is 0.718. The van der Waals surface area contributed by atoms with Gasteiger partial charge in [0.05, 0.1) is 24.1 Å². The molecule has 0 aromatic carbocycles. The summed E-state index contributed by atoms with van der Waals surface area (Å²) in [6.45, 7) is -0.0716. The predicted octanol–water partition coefficient (Wildman–Crippen LogP) is -0.541. The van der Waals surface area contributed by atoms with Crippen molar-refractivity contribution in [3.8, 4) is 6.07 Å². The highest BCUT2D eigenvalue weighted by molar-refractivity contribution is 8.00. The molecule has 0 aromatic heterocycles. The molecule has 0 saturated carbocycles. The molecule has 0 radical (unpaired) electrons. The molecule has 15 heavy (non-hydrogen) atoms. The van der Waals surface area contributed by atoms with Crippen LogP contribution in [0.3, 0.4) is 0 Å². The molecule has 1 amide bonds. The van der Waals surface area contributed by atoms with Crippen molar-refractivity contribution in [2.75, 3.05) is 25.2 Å². The second-order valence-electron chi connectivity index (χ2n) is 2.52. The Kier molecular flexibility index (Phi) is 7.40. The second-order valence-corrected chi connectivity index (χ2v) is 3.50. The molecule has 0 aliphatic rings. The van der Waals surface area contributed by atoms with E-state index in [1.54, 1.807) is 0 Å². The third-order valence-electron chi connectivity index (χ3n) is 1.44. The van der Waals surface area contributed by atoms with Crippen LogP contribution in [0.5, 0.6) is 0 Å². The lowest BCUT2D eigenvalue weighted by Gasteiger charge is -2.10. The van der Waals surface area contributed by atoms with Crippen molar-refractivity contribution in [1.82, 2.24) is 5.32 Å². The van der Waals surface area contributed by atoms with Gasteiger partial charge in [-0.05, 0) is 0 Å². The minimum atomic E-state index is -1.12. The van der Waals surface area contributed by atoms with E-state index in [1.165, 1.54) is 18.9 Å². The molecule has 0 heterocycles. The molecule has 0 aliphatic heterocycles. The topological polar surface area (TPSA) is 99.4 Å². The number of carbonyl (C=O) groups excluding carboxylic acids is 1. The molecule has 0 aromatic rings. The van der Waals surface area contributed by atoms with Gasteiger partial charge in [-0.15, -0.1) is 11.8 Å².